The Morgan fingerprint density at radius 3 is 2.04 bits per heavy atom. The lowest BCUT2D eigenvalue weighted by atomic mass is 9.90. The molecule has 0 saturated carbocycles. The molecule has 0 spiro atoms. The second kappa shape index (κ2) is 5.83. The maximum atomic E-state index is 12.4. The van der Waals surface area contributed by atoms with Crippen molar-refractivity contribution in [2.24, 2.45) is 11.8 Å². The molecule has 0 amide bonds. The number of Topliss-reactive ketones (excluding diaryl/α,β-unsaturated/α-hetero) is 5. The van der Waals surface area contributed by atoms with E-state index in [4.69, 9.17) is 0 Å². The van der Waals surface area contributed by atoms with Crippen molar-refractivity contribution in [2.75, 3.05) is 0 Å². The normalized spacial score (nSPS) is 17.6. The van der Waals surface area contributed by atoms with Gasteiger partial charge in [-0.3, -0.25) is 24.0 Å². The van der Waals surface area contributed by atoms with Gasteiger partial charge in [-0.25, -0.2) is 0 Å². The fourth-order valence-electron chi connectivity index (χ4n) is 2.62. The van der Waals surface area contributed by atoms with Gasteiger partial charge in [0, 0.05) is 16.7 Å². The largest absolute Gasteiger partial charge is 0.299 e. The van der Waals surface area contributed by atoms with Crippen LogP contribution in [0, 0.1) is 11.8 Å². The molecule has 5 heteroatoms. The van der Waals surface area contributed by atoms with Crippen molar-refractivity contribution in [3.63, 3.8) is 0 Å². The lowest BCUT2D eigenvalue weighted by molar-refractivity contribution is -0.119. The average Bonchev–Trinajstić information content (AvgIpc) is 2.75. The summed E-state index contributed by atoms with van der Waals surface area (Å²) in [5.41, 5.74) is 0.705. The number of fused-ring (bicyclic) bond motifs is 1. The molecule has 23 heavy (non-hydrogen) atoms. The summed E-state index contributed by atoms with van der Waals surface area (Å²) in [5.74, 6) is -4.62. The lowest BCUT2D eigenvalue weighted by Crippen LogP contribution is -2.22. The zero-order valence-electron chi connectivity index (χ0n) is 13.1. The Kier molecular flexibility index (Phi) is 4.23. The summed E-state index contributed by atoms with van der Waals surface area (Å²) < 4.78 is 0. The summed E-state index contributed by atoms with van der Waals surface area (Å²) in [5, 5.41) is 0. The van der Waals surface area contributed by atoms with Gasteiger partial charge in [-0.1, -0.05) is 12.7 Å². The Morgan fingerprint density at radius 2 is 1.61 bits per heavy atom. The molecule has 2 rings (SSSR count). The number of rotatable bonds is 5. The van der Waals surface area contributed by atoms with Crippen LogP contribution in [0.2, 0.25) is 0 Å². The van der Waals surface area contributed by atoms with Crippen molar-refractivity contribution < 1.29 is 24.0 Å². The smallest absolute Gasteiger partial charge is 0.181 e. The van der Waals surface area contributed by atoms with Crippen LogP contribution in [-0.4, -0.2) is 28.9 Å². The van der Waals surface area contributed by atoms with Crippen LogP contribution in [0.15, 0.2) is 18.7 Å². The van der Waals surface area contributed by atoms with Gasteiger partial charge in [-0.15, -0.1) is 0 Å². The van der Waals surface area contributed by atoms with E-state index >= 15 is 0 Å². The zero-order chi connectivity index (χ0) is 17.5. The van der Waals surface area contributed by atoms with E-state index in [9.17, 15) is 24.0 Å². The molecule has 5 nitrogen and oxygen atoms in total. The molecule has 0 heterocycles. The number of benzene rings is 1. The molecule has 2 atom stereocenters. The van der Waals surface area contributed by atoms with Crippen molar-refractivity contribution in [3.05, 3.63) is 41.0 Å². The van der Waals surface area contributed by atoms with Crippen molar-refractivity contribution in [2.45, 2.75) is 20.8 Å². The predicted octanol–water partition coefficient (Wildman–Crippen LogP) is 2.32. The molecular weight excluding hydrogens is 296 g/mol. The summed E-state index contributed by atoms with van der Waals surface area (Å²) in [6.45, 7) is 7.58. The van der Waals surface area contributed by atoms with Gasteiger partial charge in [-0.05, 0) is 38.5 Å². The maximum Gasteiger partial charge on any atom is 0.181 e. The van der Waals surface area contributed by atoms with Crippen LogP contribution in [0.5, 0.6) is 0 Å². The van der Waals surface area contributed by atoms with Crippen LogP contribution >= 0.6 is 0 Å². The minimum absolute atomic E-state index is 0.0555. The molecule has 0 N–H and O–H groups in total. The molecule has 0 aliphatic heterocycles. The highest BCUT2D eigenvalue weighted by Gasteiger charge is 2.42. The van der Waals surface area contributed by atoms with Gasteiger partial charge in [0.2, 0.25) is 0 Å². The average molecular weight is 312 g/mol. The Bertz CT molecular complexity index is 785. The molecule has 2 unspecified atom stereocenters. The molecule has 0 bridgehead atoms. The first kappa shape index (κ1) is 16.7. The fourth-order valence-corrected chi connectivity index (χ4v) is 2.62. The van der Waals surface area contributed by atoms with E-state index in [1.54, 1.807) is 0 Å². The third-order valence-corrected chi connectivity index (χ3v) is 4.14. The molecule has 1 aromatic carbocycles. The number of hydrogen-bond donors (Lipinski definition) is 0. The molecule has 0 saturated heterocycles. The van der Waals surface area contributed by atoms with Gasteiger partial charge in [0.1, 0.15) is 17.5 Å². The highest BCUT2D eigenvalue weighted by atomic mass is 16.2. The van der Waals surface area contributed by atoms with Crippen molar-refractivity contribution in [3.8, 4) is 0 Å². The molecule has 0 radical (unpaired) electrons. The van der Waals surface area contributed by atoms with Crippen molar-refractivity contribution in [1.82, 2.24) is 0 Å². The van der Waals surface area contributed by atoms with E-state index in [0.717, 1.165) is 0 Å². The quantitative estimate of drug-likeness (QED) is 0.615. The van der Waals surface area contributed by atoms with Crippen LogP contribution in [0.4, 0.5) is 0 Å². The maximum absolute atomic E-state index is 12.4. The highest BCUT2D eigenvalue weighted by molar-refractivity contribution is 6.35. The van der Waals surface area contributed by atoms with E-state index in [2.05, 4.69) is 6.58 Å². The second-order valence-corrected chi connectivity index (χ2v) is 5.66. The lowest BCUT2D eigenvalue weighted by Gasteiger charge is -2.11. The monoisotopic (exact) mass is 312 g/mol. The second-order valence-electron chi connectivity index (χ2n) is 5.66. The van der Waals surface area contributed by atoms with Gasteiger partial charge in [0.15, 0.2) is 17.3 Å². The number of hydrogen-bond acceptors (Lipinski definition) is 5. The van der Waals surface area contributed by atoms with Crippen LogP contribution in [0.1, 0.15) is 57.4 Å². The van der Waals surface area contributed by atoms with E-state index < -0.39 is 35.0 Å². The van der Waals surface area contributed by atoms with E-state index in [1.165, 1.54) is 39.0 Å². The predicted molar refractivity (Wildman–Crippen MR) is 83.5 cm³/mol. The number of carbonyl (C=O) groups excluding carboxylic acids is 5. The molecule has 1 aromatic rings. The molecule has 118 valence electrons. The summed E-state index contributed by atoms with van der Waals surface area (Å²) in [6, 6.07) is 2.70. The van der Waals surface area contributed by atoms with Gasteiger partial charge in [-0.2, -0.15) is 0 Å². The molecule has 0 aromatic heterocycles. The Labute approximate surface area is 133 Å². The Balaban J connectivity index is 2.64. The van der Waals surface area contributed by atoms with Gasteiger partial charge >= 0.3 is 0 Å². The topological polar surface area (TPSA) is 85.3 Å². The minimum Gasteiger partial charge on any atom is -0.299 e. The van der Waals surface area contributed by atoms with Crippen molar-refractivity contribution >= 4 is 35.0 Å². The molecular formula is C18H16O5. The SMILES string of the molecule is C=Cc1cc2c(cc1C(=O)C(C)C(C)=O)C(=O)C(C(C)=O)C2=O. The zero-order valence-corrected chi connectivity index (χ0v) is 13.1. The van der Waals surface area contributed by atoms with Crippen molar-refractivity contribution in [1.29, 1.82) is 0 Å². The minimum atomic E-state index is -1.33. The first-order valence-corrected chi connectivity index (χ1v) is 7.14. The fraction of sp³-hybridized carbons (Fsp3) is 0.278. The van der Waals surface area contributed by atoms with Crippen LogP contribution in [-0.2, 0) is 9.59 Å². The standard InChI is InChI=1S/C18H16O5/c1-5-11-6-13-14(18(23)15(10(4)20)17(13)22)7-12(11)16(21)8(2)9(3)19/h5-8,15H,1H2,2-4H3. The Hall–Kier alpha value is -2.69. The molecule has 0 fully saturated rings. The van der Waals surface area contributed by atoms with Crippen LogP contribution in [0.25, 0.3) is 6.08 Å². The molecule has 1 aliphatic rings. The third kappa shape index (κ3) is 2.59. The summed E-state index contributed by atoms with van der Waals surface area (Å²) in [4.78, 5) is 59.9. The molecule has 1 aliphatic carbocycles. The van der Waals surface area contributed by atoms with E-state index in [-0.39, 0.29) is 22.5 Å². The van der Waals surface area contributed by atoms with Gasteiger partial charge in [0.25, 0.3) is 0 Å². The first-order valence-electron chi connectivity index (χ1n) is 7.14. The third-order valence-electron chi connectivity index (χ3n) is 4.14. The highest BCUT2D eigenvalue weighted by Crippen LogP contribution is 2.31. The summed E-state index contributed by atoms with van der Waals surface area (Å²) in [7, 11) is 0. The summed E-state index contributed by atoms with van der Waals surface area (Å²) in [6.07, 6.45) is 1.39. The van der Waals surface area contributed by atoms with E-state index in [0.29, 0.717) is 5.56 Å². The van der Waals surface area contributed by atoms with Crippen LogP contribution < -0.4 is 0 Å². The number of ketones is 5. The van der Waals surface area contributed by atoms with Gasteiger partial charge < -0.3 is 0 Å². The first-order chi connectivity index (χ1) is 10.7. The Morgan fingerprint density at radius 1 is 1.09 bits per heavy atom. The summed E-state index contributed by atoms with van der Waals surface area (Å²) >= 11 is 0. The number of carbonyl (C=O) groups is 5. The van der Waals surface area contributed by atoms with Crippen LogP contribution in [0.3, 0.4) is 0 Å². The van der Waals surface area contributed by atoms with Gasteiger partial charge in [0.05, 0.1) is 5.92 Å². The van der Waals surface area contributed by atoms with E-state index in [1.807, 2.05) is 0 Å².